The van der Waals surface area contributed by atoms with Gasteiger partial charge in [0.05, 0.1) is 5.71 Å². The Bertz CT molecular complexity index is 949. The number of nitrogens with zero attached hydrogens (tertiary/aromatic N) is 4. The highest BCUT2D eigenvalue weighted by Crippen LogP contribution is 2.38. The molecule has 0 fully saturated rings. The summed E-state index contributed by atoms with van der Waals surface area (Å²) in [4.78, 5) is 16.9. The normalized spacial score (nSPS) is 15.0. The van der Waals surface area contributed by atoms with E-state index in [1.165, 1.54) is 6.33 Å². The first-order valence-corrected chi connectivity index (χ1v) is 7.94. The molecule has 124 valence electrons. The van der Waals surface area contributed by atoms with Crippen LogP contribution in [0.5, 0.6) is 5.88 Å². The number of benzene rings is 1. The summed E-state index contributed by atoms with van der Waals surface area (Å²) in [5.41, 5.74) is 9.78. The van der Waals surface area contributed by atoms with Gasteiger partial charge in [-0.1, -0.05) is 24.3 Å². The van der Waals surface area contributed by atoms with E-state index in [1.807, 2.05) is 38.1 Å². The summed E-state index contributed by atoms with van der Waals surface area (Å²) < 4.78 is 6.01. The van der Waals surface area contributed by atoms with E-state index in [-0.39, 0.29) is 0 Å². The van der Waals surface area contributed by atoms with Crippen molar-refractivity contribution in [1.82, 2.24) is 15.0 Å². The van der Waals surface area contributed by atoms with E-state index in [0.29, 0.717) is 17.4 Å². The van der Waals surface area contributed by atoms with Crippen LogP contribution >= 0.6 is 0 Å². The molecule has 4 rings (SSSR count). The number of rotatable bonds is 2. The second kappa shape index (κ2) is 5.66. The molecule has 0 aliphatic carbocycles. The van der Waals surface area contributed by atoms with Gasteiger partial charge in [-0.2, -0.15) is 4.98 Å². The molecule has 2 aromatic heterocycles. The standard InChI is InChI=1S/C19H17N5O/c1-19(2)16(24-15-17(20)22-11-23-18(15)25-19)14-5-3-12(4-6-14)13-7-9-21-10-8-13/h3-11H,1-2H3,(H2,20,22,23). The van der Waals surface area contributed by atoms with Crippen molar-refractivity contribution in [2.24, 2.45) is 4.99 Å². The third-order valence-electron chi connectivity index (χ3n) is 4.13. The molecule has 3 aromatic rings. The van der Waals surface area contributed by atoms with Crippen LogP contribution in [0.3, 0.4) is 0 Å². The van der Waals surface area contributed by atoms with Gasteiger partial charge >= 0.3 is 0 Å². The molecule has 0 amide bonds. The van der Waals surface area contributed by atoms with Crippen LogP contribution in [-0.4, -0.2) is 26.3 Å². The van der Waals surface area contributed by atoms with Gasteiger partial charge in [-0.05, 0) is 37.1 Å². The number of pyridine rings is 1. The molecular weight excluding hydrogens is 314 g/mol. The molecule has 25 heavy (non-hydrogen) atoms. The monoisotopic (exact) mass is 331 g/mol. The zero-order valence-electron chi connectivity index (χ0n) is 14.0. The lowest BCUT2D eigenvalue weighted by atomic mass is 9.93. The highest BCUT2D eigenvalue weighted by Gasteiger charge is 2.35. The third kappa shape index (κ3) is 2.71. The number of fused-ring (bicyclic) bond motifs is 1. The predicted octanol–water partition coefficient (Wildman–Crippen LogP) is 3.41. The molecule has 1 aliphatic heterocycles. The Hall–Kier alpha value is -3.28. The average molecular weight is 331 g/mol. The number of ether oxygens (including phenoxy) is 1. The average Bonchev–Trinajstić information content (AvgIpc) is 2.62. The summed E-state index contributed by atoms with van der Waals surface area (Å²) in [6, 6.07) is 12.1. The van der Waals surface area contributed by atoms with Crippen molar-refractivity contribution in [3.8, 4) is 17.0 Å². The van der Waals surface area contributed by atoms with E-state index >= 15 is 0 Å². The Balaban J connectivity index is 1.77. The number of hydrogen-bond donors (Lipinski definition) is 1. The predicted molar refractivity (Wildman–Crippen MR) is 97.0 cm³/mol. The Morgan fingerprint density at radius 1 is 0.880 bits per heavy atom. The molecule has 0 unspecified atom stereocenters. The summed E-state index contributed by atoms with van der Waals surface area (Å²) in [6.07, 6.45) is 4.95. The van der Waals surface area contributed by atoms with Crippen LogP contribution in [0.4, 0.5) is 11.5 Å². The summed E-state index contributed by atoms with van der Waals surface area (Å²) in [5.74, 6) is 0.723. The number of aliphatic imine (C=N–C) groups is 1. The zero-order chi connectivity index (χ0) is 17.4. The Morgan fingerprint density at radius 3 is 2.24 bits per heavy atom. The molecule has 0 radical (unpaired) electrons. The number of nitrogens with two attached hydrogens (primary N) is 1. The summed E-state index contributed by atoms with van der Waals surface area (Å²) >= 11 is 0. The molecule has 1 aliphatic rings. The number of anilines is 1. The van der Waals surface area contributed by atoms with Crippen LogP contribution in [0.2, 0.25) is 0 Å². The first-order chi connectivity index (χ1) is 12.0. The fourth-order valence-corrected chi connectivity index (χ4v) is 2.87. The van der Waals surface area contributed by atoms with E-state index in [0.717, 1.165) is 22.4 Å². The van der Waals surface area contributed by atoms with Gasteiger partial charge in [0.15, 0.2) is 11.5 Å². The van der Waals surface area contributed by atoms with Crippen molar-refractivity contribution in [2.75, 3.05) is 5.73 Å². The fourth-order valence-electron chi connectivity index (χ4n) is 2.87. The topological polar surface area (TPSA) is 86.3 Å². The van der Waals surface area contributed by atoms with E-state index in [9.17, 15) is 0 Å². The number of hydrogen-bond acceptors (Lipinski definition) is 6. The van der Waals surface area contributed by atoms with E-state index in [1.54, 1.807) is 12.4 Å². The molecule has 0 spiro atoms. The van der Waals surface area contributed by atoms with Crippen LogP contribution < -0.4 is 10.5 Å². The van der Waals surface area contributed by atoms with Crippen molar-refractivity contribution in [3.63, 3.8) is 0 Å². The van der Waals surface area contributed by atoms with Crippen molar-refractivity contribution < 1.29 is 4.74 Å². The first-order valence-electron chi connectivity index (χ1n) is 7.94. The van der Waals surface area contributed by atoms with Gasteiger partial charge in [-0.25, -0.2) is 9.98 Å². The molecule has 0 saturated heterocycles. The van der Waals surface area contributed by atoms with Crippen LogP contribution in [0, 0.1) is 0 Å². The van der Waals surface area contributed by atoms with Crippen molar-refractivity contribution in [3.05, 3.63) is 60.7 Å². The number of aromatic nitrogens is 3. The van der Waals surface area contributed by atoms with Gasteiger partial charge in [0, 0.05) is 18.0 Å². The van der Waals surface area contributed by atoms with E-state index < -0.39 is 5.60 Å². The minimum atomic E-state index is -0.619. The maximum atomic E-state index is 6.01. The highest BCUT2D eigenvalue weighted by molar-refractivity contribution is 6.09. The number of nitrogen functional groups attached to an aromatic ring is 1. The minimum absolute atomic E-state index is 0.311. The van der Waals surface area contributed by atoms with Crippen molar-refractivity contribution in [1.29, 1.82) is 0 Å². The lowest BCUT2D eigenvalue weighted by Crippen LogP contribution is -2.41. The first kappa shape index (κ1) is 15.3. The molecule has 0 saturated carbocycles. The van der Waals surface area contributed by atoms with Gasteiger partial charge in [-0.3, -0.25) is 4.98 Å². The van der Waals surface area contributed by atoms with Crippen LogP contribution in [-0.2, 0) is 0 Å². The lowest BCUT2D eigenvalue weighted by molar-refractivity contribution is 0.171. The maximum Gasteiger partial charge on any atom is 0.246 e. The summed E-state index contributed by atoms with van der Waals surface area (Å²) in [7, 11) is 0. The second-order valence-electron chi connectivity index (χ2n) is 6.30. The van der Waals surface area contributed by atoms with Crippen molar-refractivity contribution >= 4 is 17.2 Å². The largest absolute Gasteiger partial charge is 0.463 e. The van der Waals surface area contributed by atoms with Crippen LogP contribution in [0.1, 0.15) is 19.4 Å². The lowest BCUT2D eigenvalue weighted by Gasteiger charge is -2.32. The molecule has 6 heteroatoms. The molecule has 0 atom stereocenters. The summed E-state index contributed by atoms with van der Waals surface area (Å²) in [6.45, 7) is 3.92. The molecular formula is C19H17N5O. The summed E-state index contributed by atoms with van der Waals surface area (Å²) in [5, 5.41) is 0. The van der Waals surface area contributed by atoms with E-state index in [2.05, 4.69) is 27.1 Å². The smallest absolute Gasteiger partial charge is 0.246 e. The fraction of sp³-hybridized carbons (Fsp3) is 0.158. The molecule has 0 bridgehead atoms. The zero-order valence-corrected chi connectivity index (χ0v) is 14.0. The van der Waals surface area contributed by atoms with E-state index in [4.69, 9.17) is 15.5 Å². The van der Waals surface area contributed by atoms with Gasteiger partial charge in [0.25, 0.3) is 0 Å². The second-order valence-corrected chi connectivity index (χ2v) is 6.30. The van der Waals surface area contributed by atoms with Crippen LogP contribution in [0.15, 0.2) is 60.1 Å². The van der Waals surface area contributed by atoms with Gasteiger partial charge in [0.2, 0.25) is 5.88 Å². The molecule has 2 N–H and O–H groups in total. The minimum Gasteiger partial charge on any atom is -0.463 e. The van der Waals surface area contributed by atoms with Crippen LogP contribution in [0.25, 0.3) is 11.1 Å². The van der Waals surface area contributed by atoms with Crippen molar-refractivity contribution in [2.45, 2.75) is 19.4 Å². The Kier molecular flexibility index (Phi) is 3.46. The van der Waals surface area contributed by atoms with Gasteiger partial charge < -0.3 is 10.5 Å². The third-order valence-corrected chi connectivity index (χ3v) is 4.13. The Labute approximate surface area is 145 Å². The SMILES string of the molecule is CC1(C)Oc2ncnc(N)c2N=C1c1ccc(-c2ccncc2)cc1. The van der Waals surface area contributed by atoms with Gasteiger partial charge in [0.1, 0.15) is 11.9 Å². The molecule has 1 aromatic carbocycles. The maximum absolute atomic E-state index is 6.01. The molecule has 3 heterocycles. The van der Waals surface area contributed by atoms with Gasteiger partial charge in [-0.15, -0.1) is 0 Å². The Morgan fingerprint density at radius 2 is 1.52 bits per heavy atom. The quantitative estimate of drug-likeness (QED) is 0.777. The highest BCUT2D eigenvalue weighted by atomic mass is 16.5. The molecule has 6 nitrogen and oxygen atoms in total.